The van der Waals surface area contributed by atoms with Gasteiger partial charge in [-0.2, -0.15) is 0 Å². The summed E-state index contributed by atoms with van der Waals surface area (Å²) in [7, 11) is 0. The molecule has 2 rings (SSSR count). The third kappa shape index (κ3) is 9.78. The molecular weight excluding hydrogens is 592 g/mol. The Morgan fingerprint density at radius 2 is 0.824 bits per heavy atom. The maximum Gasteiger partial charge on any atom is 0.174 e. The number of ketones is 2. The fourth-order valence-corrected chi connectivity index (χ4v) is 8.75. The van der Waals surface area contributed by atoms with Crippen molar-refractivity contribution >= 4 is 75.5 Å². The van der Waals surface area contributed by atoms with E-state index < -0.39 is 0 Å². The molecule has 0 saturated heterocycles. The molecule has 0 aliphatic heterocycles. The van der Waals surface area contributed by atoms with E-state index in [-0.39, 0.29) is 11.6 Å². The van der Waals surface area contributed by atoms with Crippen LogP contribution in [0.4, 0.5) is 0 Å². The molecule has 6 heteroatoms. The molecule has 0 amide bonds. The number of Topliss-reactive ketones (excluding diaryl/α,β-unsaturated/α-hetero) is 2. The van der Waals surface area contributed by atoms with E-state index >= 15 is 0 Å². The monoisotopic (exact) mass is 632 g/mol. The molecule has 192 valence electrons. The van der Waals surface area contributed by atoms with Crippen molar-refractivity contribution in [3.63, 3.8) is 0 Å². The summed E-state index contributed by atoms with van der Waals surface area (Å²) < 4.78 is 3.84. The van der Waals surface area contributed by atoms with Gasteiger partial charge in [0.05, 0.1) is 28.1 Å². The van der Waals surface area contributed by atoms with Crippen LogP contribution in [0.5, 0.6) is 0 Å². The topological polar surface area (TPSA) is 34.1 Å². The Bertz CT molecular complexity index is 813. The van der Waals surface area contributed by atoms with Gasteiger partial charge in [0.25, 0.3) is 0 Å². The number of halogens is 2. The Morgan fingerprint density at radius 1 is 0.529 bits per heavy atom. The van der Waals surface area contributed by atoms with Crippen LogP contribution < -0.4 is 0 Å². The lowest BCUT2D eigenvalue weighted by molar-refractivity contribution is 0.0974. The molecule has 0 spiro atoms. The summed E-state index contributed by atoms with van der Waals surface area (Å²) in [4.78, 5) is 27.3. The number of fused-ring (bicyclic) bond motifs is 1. The van der Waals surface area contributed by atoms with Crippen LogP contribution in [0.3, 0.4) is 0 Å². The van der Waals surface area contributed by atoms with Gasteiger partial charge in [-0.3, -0.25) is 9.59 Å². The zero-order valence-corrected chi connectivity index (χ0v) is 25.9. The molecular formula is C28H42Br2O2S2. The minimum absolute atomic E-state index is 0.227. The molecule has 0 aromatic carbocycles. The van der Waals surface area contributed by atoms with Crippen molar-refractivity contribution in [2.45, 2.75) is 129 Å². The van der Waals surface area contributed by atoms with Crippen LogP contribution in [0, 0.1) is 0 Å². The second-order valence-electron chi connectivity index (χ2n) is 9.44. The van der Waals surface area contributed by atoms with Crippen molar-refractivity contribution in [2.24, 2.45) is 0 Å². The molecule has 0 bridgehead atoms. The van der Waals surface area contributed by atoms with E-state index in [1.165, 1.54) is 99.7 Å². The minimum atomic E-state index is 0.227. The zero-order chi connectivity index (χ0) is 24.8. The highest BCUT2D eigenvalue weighted by Crippen LogP contribution is 2.47. The van der Waals surface area contributed by atoms with Crippen molar-refractivity contribution in [3.05, 3.63) is 18.7 Å². The first-order chi connectivity index (χ1) is 16.5. The standard InChI is InChI=1S/C28H42Br2O2S2/c1-3-5-7-9-11-13-15-17-19-21(31)25-23(29)27-28(33-25)24(30)26(34-27)22(32)20-18-16-14-12-10-8-6-4-2/h3-20H2,1-2H3. The third-order valence-corrected chi connectivity index (χ3v) is 11.7. The Labute approximate surface area is 231 Å². The Morgan fingerprint density at radius 3 is 1.15 bits per heavy atom. The molecule has 0 atom stereocenters. The van der Waals surface area contributed by atoms with Crippen molar-refractivity contribution < 1.29 is 9.59 Å². The molecule has 2 aromatic heterocycles. The van der Waals surface area contributed by atoms with E-state index in [0.717, 1.165) is 53.8 Å². The fourth-order valence-electron chi connectivity index (χ4n) is 4.31. The summed E-state index contributed by atoms with van der Waals surface area (Å²) in [6, 6.07) is 0. The van der Waals surface area contributed by atoms with Crippen molar-refractivity contribution in [3.8, 4) is 0 Å². The summed E-state index contributed by atoms with van der Waals surface area (Å²) in [6.45, 7) is 4.49. The van der Waals surface area contributed by atoms with Gasteiger partial charge in [0.15, 0.2) is 11.6 Å². The smallest absolute Gasteiger partial charge is 0.174 e. The van der Waals surface area contributed by atoms with E-state index in [1.807, 2.05) is 0 Å². The van der Waals surface area contributed by atoms with Crippen LogP contribution in [0.1, 0.15) is 149 Å². The molecule has 0 aliphatic carbocycles. The van der Waals surface area contributed by atoms with Crippen LogP contribution >= 0.6 is 54.5 Å². The lowest BCUT2D eigenvalue weighted by Crippen LogP contribution is -1.98. The first-order valence-corrected chi connectivity index (χ1v) is 16.7. The lowest BCUT2D eigenvalue weighted by atomic mass is 10.1. The number of carbonyl (C=O) groups excluding carboxylic acids is 2. The second-order valence-corrected chi connectivity index (χ2v) is 13.1. The SMILES string of the molecule is CCCCCCCCCCC(=O)c1sc2c(Br)c(C(=O)CCCCCCCCCC)sc2c1Br. The number of unbranched alkanes of at least 4 members (excludes halogenated alkanes) is 14. The molecule has 0 fully saturated rings. The summed E-state index contributed by atoms with van der Waals surface area (Å²) >= 11 is 10.4. The maximum absolute atomic E-state index is 12.8. The maximum atomic E-state index is 12.8. The minimum Gasteiger partial charge on any atom is -0.293 e. The van der Waals surface area contributed by atoms with Crippen LogP contribution in [0.15, 0.2) is 8.95 Å². The van der Waals surface area contributed by atoms with Crippen molar-refractivity contribution in [1.29, 1.82) is 0 Å². The average Bonchev–Trinajstić information content (AvgIpc) is 3.33. The zero-order valence-electron chi connectivity index (χ0n) is 21.1. The molecule has 34 heavy (non-hydrogen) atoms. The molecule has 0 radical (unpaired) electrons. The van der Waals surface area contributed by atoms with Gasteiger partial charge in [0.1, 0.15) is 0 Å². The average molecular weight is 635 g/mol. The van der Waals surface area contributed by atoms with Crippen molar-refractivity contribution in [1.82, 2.24) is 0 Å². The number of rotatable bonds is 20. The first kappa shape index (κ1) is 30.2. The second kappa shape index (κ2) is 17.4. The molecule has 0 N–H and O–H groups in total. The highest BCUT2D eigenvalue weighted by molar-refractivity contribution is 9.11. The molecule has 2 heterocycles. The molecule has 0 aliphatic rings. The first-order valence-electron chi connectivity index (χ1n) is 13.5. The normalized spacial score (nSPS) is 11.5. The van der Waals surface area contributed by atoms with Gasteiger partial charge >= 0.3 is 0 Å². The van der Waals surface area contributed by atoms with E-state index in [2.05, 4.69) is 45.7 Å². The van der Waals surface area contributed by atoms with Gasteiger partial charge in [0.2, 0.25) is 0 Å². The largest absolute Gasteiger partial charge is 0.293 e. The van der Waals surface area contributed by atoms with Crippen LogP contribution in [-0.2, 0) is 0 Å². The van der Waals surface area contributed by atoms with Crippen molar-refractivity contribution in [2.75, 3.05) is 0 Å². The molecule has 2 aromatic rings. The summed E-state index contributed by atoms with van der Waals surface area (Å²) in [5.41, 5.74) is 0. The summed E-state index contributed by atoms with van der Waals surface area (Å²) in [6.07, 6.45) is 21.0. The predicted octanol–water partition coefficient (Wildman–Crippen LogP) is 11.9. The highest BCUT2D eigenvalue weighted by atomic mass is 79.9. The lowest BCUT2D eigenvalue weighted by Gasteiger charge is -2.02. The molecule has 2 nitrogen and oxygen atoms in total. The number of hydrogen-bond donors (Lipinski definition) is 0. The third-order valence-electron chi connectivity index (χ3n) is 6.43. The molecule has 0 saturated carbocycles. The van der Waals surface area contributed by atoms with E-state index in [4.69, 9.17) is 0 Å². The van der Waals surface area contributed by atoms with Gasteiger partial charge < -0.3 is 0 Å². The van der Waals surface area contributed by atoms with E-state index in [0.29, 0.717) is 12.8 Å². The van der Waals surface area contributed by atoms with Gasteiger partial charge in [0, 0.05) is 12.8 Å². The number of carbonyl (C=O) groups is 2. The molecule has 0 unspecified atom stereocenters. The Kier molecular flexibility index (Phi) is 15.5. The van der Waals surface area contributed by atoms with Gasteiger partial charge in [-0.05, 0) is 44.7 Å². The van der Waals surface area contributed by atoms with Crippen LogP contribution in [-0.4, -0.2) is 11.6 Å². The summed E-state index contributed by atoms with van der Waals surface area (Å²) in [5.74, 6) is 0.454. The fraction of sp³-hybridized carbons (Fsp3) is 0.714. The summed E-state index contributed by atoms with van der Waals surface area (Å²) in [5, 5.41) is 0. The van der Waals surface area contributed by atoms with E-state index in [9.17, 15) is 9.59 Å². The quantitative estimate of drug-likeness (QED) is 0.107. The van der Waals surface area contributed by atoms with Gasteiger partial charge in [-0.15, -0.1) is 22.7 Å². The van der Waals surface area contributed by atoms with Gasteiger partial charge in [-0.1, -0.05) is 104 Å². The number of thiophene rings is 2. The van der Waals surface area contributed by atoms with Gasteiger partial charge in [-0.25, -0.2) is 0 Å². The van der Waals surface area contributed by atoms with E-state index in [1.54, 1.807) is 0 Å². The predicted molar refractivity (Wildman–Crippen MR) is 158 cm³/mol. The Balaban J connectivity index is 1.79. The van der Waals surface area contributed by atoms with Crippen LogP contribution in [0.25, 0.3) is 9.40 Å². The number of hydrogen-bond acceptors (Lipinski definition) is 4. The Hall–Kier alpha value is -0.0400. The van der Waals surface area contributed by atoms with Crippen LogP contribution in [0.2, 0.25) is 0 Å². The highest BCUT2D eigenvalue weighted by Gasteiger charge is 2.24.